The Morgan fingerprint density at radius 3 is 2.24 bits per heavy atom. The molecule has 192 valence electrons. The molecule has 2 aliphatic rings. The first-order chi connectivity index (χ1) is 18.1. The second kappa shape index (κ2) is 11.6. The van der Waals surface area contributed by atoms with Crippen LogP contribution >= 0.6 is 0 Å². The summed E-state index contributed by atoms with van der Waals surface area (Å²) in [6.45, 7) is 6.18. The first-order valence-electron chi connectivity index (χ1n) is 13.0. The number of nitrogens with zero attached hydrogens (tertiary/aromatic N) is 3. The van der Waals surface area contributed by atoms with Gasteiger partial charge < -0.3 is 10.1 Å². The lowest BCUT2D eigenvalue weighted by atomic mass is 10.0. The smallest absolute Gasteiger partial charge is 0.241 e. The van der Waals surface area contributed by atoms with E-state index in [1.807, 2.05) is 83.8 Å². The largest absolute Gasteiger partial charge is 0.489 e. The molecule has 0 aromatic heterocycles. The molecule has 2 amide bonds. The summed E-state index contributed by atoms with van der Waals surface area (Å²) in [5.41, 5.74) is 3.90. The Kier molecular flexibility index (Phi) is 7.82. The molecule has 3 aromatic rings. The van der Waals surface area contributed by atoms with E-state index in [4.69, 9.17) is 4.74 Å². The van der Waals surface area contributed by atoms with Gasteiger partial charge in [-0.25, -0.2) is 0 Å². The van der Waals surface area contributed by atoms with E-state index in [2.05, 4.69) is 22.0 Å². The van der Waals surface area contributed by atoms with Crippen molar-refractivity contribution in [1.82, 2.24) is 9.80 Å². The molecule has 1 atom stereocenters. The summed E-state index contributed by atoms with van der Waals surface area (Å²) in [6, 6.07) is 25.6. The van der Waals surface area contributed by atoms with Crippen LogP contribution in [0.1, 0.15) is 24.1 Å². The molecule has 0 spiro atoms. The lowest BCUT2D eigenvalue weighted by Gasteiger charge is -2.39. The molecular formula is C30H34N4O3. The average Bonchev–Trinajstić information content (AvgIpc) is 2.94. The molecule has 2 heterocycles. The molecule has 1 fully saturated rings. The number of amides is 2. The Bertz CT molecular complexity index is 1220. The van der Waals surface area contributed by atoms with Gasteiger partial charge in [-0.3, -0.25) is 24.3 Å². The SMILES string of the molecule is CCc1ccccc1NC(=O)CN1CCN(CC(=O)N2c3ccccc3OCC2c2ccccc2)CC1. The Hall–Kier alpha value is -3.68. The van der Waals surface area contributed by atoms with Crippen molar-refractivity contribution in [3.05, 3.63) is 90.0 Å². The number of para-hydroxylation sites is 3. The molecule has 1 N–H and O–H groups in total. The van der Waals surface area contributed by atoms with Crippen LogP contribution in [0.4, 0.5) is 11.4 Å². The Morgan fingerprint density at radius 2 is 1.49 bits per heavy atom. The van der Waals surface area contributed by atoms with Crippen LogP contribution in [0.3, 0.4) is 0 Å². The summed E-state index contributed by atoms with van der Waals surface area (Å²) in [7, 11) is 0. The van der Waals surface area contributed by atoms with Crippen LogP contribution < -0.4 is 15.0 Å². The number of piperazine rings is 1. The highest BCUT2D eigenvalue weighted by molar-refractivity contribution is 5.97. The van der Waals surface area contributed by atoms with Crippen molar-refractivity contribution < 1.29 is 14.3 Å². The number of nitrogens with one attached hydrogen (secondary N) is 1. The molecule has 0 radical (unpaired) electrons. The van der Waals surface area contributed by atoms with Gasteiger partial charge in [-0.05, 0) is 35.7 Å². The summed E-state index contributed by atoms with van der Waals surface area (Å²) >= 11 is 0. The van der Waals surface area contributed by atoms with Crippen molar-refractivity contribution in [3.8, 4) is 5.75 Å². The zero-order valence-electron chi connectivity index (χ0n) is 21.3. The third-order valence-electron chi connectivity index (χ3n) is 7.15. The van der Waals surface area contributed by atoms with E-state index in [0.717, 1.165) is 60.9 Å². The van der Waals surface area contributed by atoms with Crippen LogP contribution in [-0.2, 0) is 16.0 Å². The number of carbonyl (C=O) groups excluding carboxylic acids is 2. The standard InChI is InChI=1S/C30H34N4O3/c1-2-23-10-6-7-13-25(23)31-29(35)20-32-16-18-33(19-17-32)21-30(36)34-26-14-8-9-15-28(26)37-22-27(34)24-11-4-3-5-12-24/h3-15,27H,2,16-22H2,1H3,(H,31,35). The van der Waals surface area contributed by atoms with E-state index in [1.54, 1.807) is 0 Å². The molecule has 7 heteroatoms. The Morgan fingerprint density at radius 1 is 0.838 bits per heavy atom. The number of hydrogen-bond donors (Lipinski definition) is 1. The second-order valence-corrected chi connectivity index (χ2v) is 9.58. The maximum atomic E-state index is 13.7. The zero-order valence-corrected chi connectivity index (χ0v) is 21.3. The van der Waals surface area contributed by atoms with E-state index in [0.29, 0.717) is 19.7 Å². The fraction of sp³-hybridized carbons (Fsp3) is 0.333. The molecule has 5 rings (SSSR count). The van der Waals surface area contributed by atoms with Crippen LogP contribution in [0.5, 0.6) is 5.75 Å². The lowest BCUT2D eigenvalue weighted by molar-refractivity contribution is -0.122. The van der Waals surface area contributed by atoms with Gasteiger partial charge in [0.05, 0.1) is 24.8 Å². The average molecular weight is 499 g/mol. The third kappa shape index (κ3) is 5.84. The number of anilines is 2. The van der Waals surface area contributed by atoms with Crippen molar-refractivity contribution in [1.29, 1.82) is 0 Å². The molecular weight excluding hydrogens is 464 g/mol. The van der Waals surface area contributed by atoms with Crippen molar-refractivity contribution in [2.45, 2.75) is 19.4 Å². The van der Waals surface area contributed by atoms with Gasteiger partial charge in [0.25, 0.3) is 0 Å². The van der Waals surface area contributed by atoms with Crippen LogP contribution in [0, 0.1) is 0 Å². The fourth-order valence-electron chi connectivity index (χ4n) is 5.13. The molecule has 0 saturated carbocycles. The van der Waals surface area contributed by atoms with Gasteiger partial charge in [0.1, 0.15) is 12.4 Å². The Labute approximate surface area is 218 Å². The van der Waals surface area contributed by atoms with Crippen LogP contribution in [-0.4, -0.2) is 67.5 Å². The van der Waals surface area contributed by atoms with Gasteiger partial charge in [-0.1, -0.05) is 67.6 Å². The molecule has 1 saturated heterocycles. The van der Waals surface area contributed by atoms with E-state index in [-0.39, 0.29) is 17.9 Å². The lowest BCUT2D eigenvalue weighted by Crippen LogP contribution is -2.52. The van der Waals surface area contributed by atoms with Crippen molar-refractivity contribution in [2.75, 3.05) is 56.1 Å². The normalized spacial score (nSPS) is 18.1. The minimum Gasteiger partial charge on any atom is -0.489 e. The van der Waals surface area contributed by atoms with E-state index < -0.39 is 0 Å². The number of hydrogen-bond acceptors (Lipinski definition) is 5. The first kappa shape index (κ1) is 25.0. The topological polar surface area (TPSA) is 65.1 Å². The van der Waals surface area contributed by atoms with Gasteiger partial charge in [0, 0.05) is 31.9 Å². The monoisotopic (exact) mass is 498 g/mol. The maximum absolute atomic E-state index is 13.7. The summed E-state index contributed by atoms with van der Waals surface area (Å²) in [5.74, 6) is 0.802. The van der Waals surface area contributed by atoms with Gasteiger partial charge in [-0.2, -0.15) is 0 Å². The summed E-state index contributed by atoms with van der Waals surface area (Å²) in [5, 5.41) is 3.06. The van der Waals surface area contributed by atoms with E-state index in [1.165, 1.54) is 0 Å². The highest BCUT2D eigenvalue weighted by Gasteiger charge is 2.34. The minimum atomic E-state index is -0.167. The molecule has 2 aliphatic heterocycles. The molecule has 7 nitrogen and oxygen atoms in total. The summed E-state index contributed by atoms with van der Waals surface area (Å²) in [6.07, 6.45) is 0.877. The van der Waals surface area contributed by atoms with Gasteiger partial charge >= 0.3 is 0 Å². The van der Waals surface area contributed by atoms with Gasteiger partial charge in [-0.15, -0.1) is 0 Å². The maximum Gasteiger partial charge on any atom is 0.241 e. The fourth-order valence-corrected chi connectivity index (χ4v) is 5.13. The summed E-state index contributed by atoms with van der Waals surface area (Å²) < 4.78 is 6.02. The van der Waals surface area contributed by atoms with Gasteiger partial charge in [0.15, 0.2) is 0 Å². The van der Waals surface area contributed by atoms with Gasteiger partial charge in [0.2, 0.25) is 11.8 Å². The number of aryl methyl sites for hydroxylation is 1. The molecule has 0 aliphatic carbocycles. The van der Waals surface area contributed by atoms with Crippen molar-refractivity contribution in [3.63, 3.8) is 0 Å². The Balaban J connectivity index is 1.19. The molecule has 37 heavy (non-hydrogen) atoms. The highest BCUT2D eigenvalue weighted by Crippen LogP contribution is 2.39. The number of fused-ring (bicyclic) bond motifs is 1. The third-order valence-corrected chi connectivity index (χ3v) is 7.15. The number of benzene rings is 3. The second-order valence-electron chi connectivity index (χ2n) is 9.58. The quantitative estimate of drug-likeness (QED) is 0.534. The minimum absolute atomic E-state index is 0.000975. The molecule has 1 unspecified atom stereocenters. The first-order valence-corrected chi connectivity index (χ1v) is 13.0. The summed E-state index contributed by atoms with van der Waals surface area (Å²) in [4.78, 5) is 32.6. The number of carbonyl (C=O) groups is 2. The van der Waals surface area contributed by atoms with Crippen LogP contribution in [0.25, 0.3) is 0 Å². The van der Waals surface area contributed by atoms with Crippen molar-refractivity contribution in [2.24, 2.45) is 0 Å². The zero-order chi connectivity index (χ0) is 25.6. The van der Waals surface area contributed by atoms with Crippen molar-refractivity contribution >= 4 is 23.2 Å². The predicted octanol–water partition coefficient (Wildman–Crippen LogP) is 3.97. The van der Waals surface area contributed by atoms with E-state index in [9.17, 15) is 9.59 Å². The molecule has 0 bridgehead atoms. The number of ether oxygens (including phenoxy) is 1. The van der Waals surface area contributed by atoms with Crippen LogP contribution in [0.2, 0.25) is 0 Å². The predicted molar refractivity (Wildman–Crippen MR) is 146 cm³/mol. The highest BCUT2D eigenvalue weighted by atomic mass is 16.5. The molecule has 3 aromatic carbocycles. The van der Waals surface area contributed by atoms with E-state index >= 15 is 0 Å². The van der Waals surface area contributed by atoms with Crippen LogP contribution in [0.15, 0.2) is 78.9 Å². The number of rotatable bonds is 7.